The van der Waals surface area contributed by atoms with Gasteiger partial charge in [0.2, 0.25) is 0 Å². The predicted octanol–water partition coefficient (Wildman–Crippen LogP) is 0.658. The van der Waals surface area contributed by atoms with Crippen molar-refractivity contribution in [3.63, 3.8) is 0 Å². The average molecular weight is 190 g/mol. The number of H-pyrrole nitrogens is 1. The molecule has 0 aliphatic heterocycles. The topological polar surface area (TPSA) is 58.0 Å². The van der Waals surface area contributed by atoms with Crippen molar-refractivity contribution in [2.75, 3.05) is 0 Å². The molecule has 1 heterocycles. The molecule has 0 radical (unpaired) electrons. The van der Waals surface area contributed by atoms with Crippen LogP contribution in [-0.2, 0) is 6.61 Å². The molecule has 0 aliphatic carbocycles. The standard InChI is InChI=1S/C10H10N2O2/c13-7-8-6-10(14)12(11-8)9-4-2-1-3-5-9/h1-6,11,13H,7H2. The van der Waals surface area contributed by atoms with Crippen LogP contribution in [0, 0.1) is 0 Å². The van der Waals surface area contributed by atoms with E-state index in [0.29, 0.717) is 5.69 Å². The lowest BCUT2D eigenvalue weighted by atomic mass is 10.3. The monoisotopic (exact) mass is 190 g/mol. The fourth-order valence-corrected chi connectivity index (χ4v) is 1.29. The van der Waals surface area contributed by atoms with Crippen LogP contribution in [0.3, 0.4) is 0 Å². The van der Waals surface area contributed by atoms with Crippen LogP contribution in [0.2, 0.25) is 0 Å². The highest BCUT2D eigenvalue weighted by Gasteiger charge is 2.02. The molecule has 0 saturated carbocycles. The lowest BCUT2D eigenvalue weighted by Crippen LogP contribution is -2.12. The summed E-state index contributed by atoms with van der Waals surface area (Å²) in [6, 6.07) is 10.6. The third kappa shape index (κ3) is 1.47. The second kappa shape index (κ2) is 3.51. The first-order chi connectivity index (χ1) is 6.81. The second-order valence-electron chi connectivity index (χ2n) is 2.95. The number of nitrogens with zero attached hydrogens (tertiary/aromatic N) is 1. The fourth-order valence-electron chi connectivity index (χ4n) is 1.29. The van der Waals surface area contributed by atoms with E-state index in [1.165, 1.54) is 10.7 Å². The zero-order valence-electron chi connectivity index (χ0n) is 7.47. The quantitative estimate of drug-likeness (QED) is 0.730. The molecule has 0 amide bonds. The van der Waals surface area contributed by atoms with Gasteiger partial charge in [0.25, 0.3) is 5.56 Å². The number of aliphatic hydroxyl groups is 1. The summed E-state index contributed by atoms with van der Waals surface area (Å²) >= 11 is 0. The maximum Gasteiger partial charge on any atom is 0.271 e. The third-order valence-electron chi connectivity index (χ3n) is 1.96. The zero-order valence-corrected chi connectivity index (χ0v) is 7.47. The number of benzene rings is 1. The summed E-state index contributed by atoms with van der Waals surface area (Å²) in [6.07, 6.45) is 0. The number of nitrogens with one attached hydrogen (secondary N) is 1. The Labute approximate surface area is 80.4 Å². The molecule has 72 valence electrons. The lowest BCUT2D eigenvalue weighted by molar-refractivity contribution is 0.276. The van der Waals surface area contributed by atoms with E-state index in [1.807, 2.05) is 30.3 Å². The highest BCUT2D eigenvalue weighted by atomic mass is 16.3. The Bertz CT molecular complexity index is 470. The Morgan fingerprint density at radius 2 is 2.00 bits per heavy atom. The minimum absolute atomic E-state index is 0.158. The molecule has 1 aromatic heterocycles. The van der Waals surface area contributed by atoms with Gasteiger partial charge in [-0.15, -0.1) is 0 Å². The molecule has 14 heavy (non-hydrogen) atoms. The van der Waals surface area contributed by atoms with Crippen molar-refractivity contribution in [1.29, 1.82) is 0 Å². The molecule has 4 heteroatoms. The maximum absolute atomic E-state index is 11.4. The van der Waals surface area contributed by atoms with Crippen LogP contribution in [-0.4, -0.2) is 14.9 Å². The smallest absolute Gasteiger partial charge is 0.271 e. The van der Waals surface area contributed by atoms with Crippen LogP contribution in [0.25, 0.3) is 5.69 Å². The van der Waals surface area contributed by atoms with E-state index in [4.69, 9.17) is 5.11 Å². The Balaban J connectivity index is 2.52. The molecule has 0 atom stereocenters. The molecule has 0 saturated heterocycles. The molecule has 0 unspecified atom stereocenters. The SMILES string of the molecule is O=c1cc(CO)[nH]n1-c1ccccc1. The van der Waals surface area contributed by atoms with Crippen LogP contribution in [0.5, 0.6) is 0 Å². The summed E-state index contributed by atoms with van der Waals surface area (Å²) in [5.74, 6) is 0. The van der Waals surface area contributed by atoms with Crippen molar-refractivity contribution in [2.24, 2.45) is 0 Å². The summed E-state index contributed by atoms with van der Waals surface area (Å²) in [5, 5.41) is 11.6. The van der Waals surface area contributed by atoms with E-state index in [0.717, 1.165) is 5.69 Å². The molecule has 2 aromatic rings. The minimum atomic E-state index is -0.166. The summed E-state index contributed by atoms with van der Waals surface area (Å²) in [7, 11) is 0. The van der Waals surface area contributed by atoms with Gasteiger partial charge in [0, 0.05) is 6.07 Å². The minimum Gasteiger partial charge on any atom is -0.390 e. The van der Waals surface area contributed by atoms with E-state index in [1.54, 1.807) is 0 Å². The van der Waals surface area contributed by atoms with Crippen LogP contribution < -0.4 is 5.56 Å². The molecule has 2 rings (SSSR count). The van der Waals surface area contributed by atoms with Gasteiger partial charge in [0.05, 0.1) is 18.0 Å². The van der Waals surface area contributed by atoms with E-state index in [9.17, 15) is 4.79 Å². The fraction of sp³-hybridized carbons (Fsp3) is 0.100. The Morgan fingerprint density at radius 1 is 1.29 bits per heavy atom. The van der Waals surface area contributed by atoms with Gasteiger partial charge in [-0.05, 0) is 12.1 Å². The van der Waals surface area contributed by atoms with Gasteiger partial charge in [-0.25, -0.2) is 4.68 Å². The molecule has 0 fully saturated rings. The first kappa shape index (κ1) is 8.77. The van der Waals surface area contributed by atoms with Crippen molar-refractivity contribution in [3.8, 4) is 5.69 Å². The summed E-state index contributed by atoms with van der Waals surface area (Å²) in [4.78, 5) is 11.4. The molecular formula is C10H10N2O2. The van der Waals surface area contributed by atoms with Gasteiger partial charge in [0.15, 0.2) is 0 Å². The van der Waals surface area contributed by atoms with Gasteiger partial charge in [-0.3, -0.25) is 9.89 Å². The number of hydrogen-bond acceptors (Lipinski definition) is 2. The Morgan fingerprint density at radius 3 is 2.57 bits per heavy atom. The summed E-state index contributed by atoms with van der Waals surface area (Å²) < 4.78 is 1.39. The predicted molar refractivity (Wildman–Crippen MR) is 52.3 cm³/mol. The first-order valence-electron chi connectivity index (χ1n) is 4.28. The number of aromatic amines is 1. The van der Waals surface area contributed by atoms with Gasteiger partial charge in [0.1, 0.15) is 0 Å². The van der Waals surface area contributed by atoms with E-state index >= 15 is 0 Å². The van der Waals surface area contributed by atoms with E-state index in [-0.39, 0.29) is 12.2 Å². The molecule has 0 aliphatic rings. The van der Waals surface area contributed by atoms with Crippen molar-refractivity contribution in [1.82, 2.24) is 9.78 Å². The van der Waals surface area contributed by atoms with Crippen molar-refractivity contribution < 1.29 is 5.11 Å². The number of aromatic nitrogens is 2. The van der Waals surface area contributed by atoms with Crippen LogP contribution in [0.1, 0.15) is 5.69 Å². The van der Waals surface area contributed by atoms with Crippen molar-refractivity contribution in [3.05, 3.63) is 52.4 Å². The van der Waals surface area contributed by atoms with E-state index < -0.39 is 0 Å². The summed E-state index contributed by atoms with van der Waals surface area (Å²) in [5.41, 5.74) is 1.11. The largest absolute Gasteiger partial charge is 0.390 e. The summed E-state index contributed by atoms with van der Waals surface area (Å²) in [6.45, 7) is -0.158. The molecule has 4 nitrogen and oxygen atoms in total. The average Bonchev–Trinajstić information content (AvgIpc) is 2.61. The molecule has 2 N–H and O–H groups in total. The molecule has 1 aromatic carbocycles. The molecule has 0 bridgehead atoms. The van der Waals surface area contributed by atoms with Crippen LogP contribution in [0.4, 0.5) is 0 Å². The highest BCUT2D eigenvalue weighted by molar-refractivity contribution is 5.30. The lowest BCUT2D eigenvalue weighted by Gasteiger charge is -1.99. The first-order valence-corrected chi connectivity index (χ1v) is 4.28. The zero-order chi connectivity index (χ0) is 9.97. The van der Waals surface area contributed by atoms with Gasteiger partial charge in [-0.2, -0.15) is 0 Å². The normalized spacial score (nSPS) is 10.4. The Hall–Kier alpha value is -1.81. The number of aliphatic hydroxyl groups excluding tert-OH is 1. The van der Waals surface area contributed by atoms with Crippen LogP contribution in [0.15, 0.2) is 41.2 Å². The van der Waals surface area contributed by atoms with Gasteiger partial charge >= 0.3 is 0 Å². The third-order valence-corrected chi connectivity index (χ3v) is 1.96. The number of rotatable bonds is 2. The molecular weight excluding hydrogens is 180 g/mol. The van der Waals surface area contributed by atoms with Crippen molar-refractivity contribution in [2.45, 2.75) is 6.61 Å². The molecule has 0 spiro atoms. The Kier molecular flexibility index (Phi) is 2.20. The van der Waals surface area contributed by atoms with Gasteiger partial charge < -0.3 is 5.11 Å². The van der Waals surface area contributed by atoms with Crippen LogP contribution >= 0.6 is 0 Å². The number of hydrogen-bond donors (Lipinski definition) is 2. The maximum atomic E-state index is 11.4. The van der Waals surface area contributed by atoms with E-state index in [2.05, 4.69) is 5.10 Å². The second-order valence-corrected chi connectivity index (χ2v) is 2.95. The van der Waals surface area contributed by atoms with Crippen molar-refractivity contribution >= 4 is 0 Å². The highest BCUT2D eigenvalue weighted by Crippen LogP contribution is 2.02. The van der Waals surface area contributed by atoms with Gasteiger partial charge in [-0.1, -0.05) is 18.2 Å². The number of para-hydroxylation sites is 1.